The van der Waals surface area contributed by atoms with Crippen molar-refractivity contribution in [2.24, 2.45) is 34.5 Å². The van der Waals surface area contributed by atoms with E-state index in [1.54, 1.807) is 0 Å². The number of hydrogen-bond donors (Lipinski definition) is 1. The Kier molecular flexibility index (Phi) is 3.00. The third-order valence-electron chi connectivity index (χ3n) is 9.37. The summed E-state index contributed by atoms with van der Waals surface area (Å²) in [5.74, 6) is 3.10. The first-order valence-electron chi connectivity index (χ1n) is 10.00. The topological polar surface area (TPSA) is 46.3 Å². The monoisotopic (exact) mass is 329 g/mol. The molecule has 0 radical (unpaired) electrons. The zero-order valence-electron chi connectivity index (χ0n) is 15.3. The summed E-state index contributed by atoms with van der Waals surface area (Å²) in [7, 11) is 0. The number of aromatic nitrogens is 1. The standard InChI is InChI=1S/C21H31NO2/c1-19-11-13-12-24-22-18(13)10-14(19)4-5-15-16(19)6-8-20(2)17(15)7-9-21(20,3)23/h12,14-17,23H,4-11H2,1-3H3/t14-,15+,16+,17-,19-,20+,21-/m0/s1. The summed E-state index contributed by atoms with van der Waals surface area (Å²) in [6.45, 7) is 7.04. The molecule has 0 aliphatic heterocycles. The molecular formula is C21H31NO2. The van der Waals surface area contributed by atoms with Crippen molar-refractivity contribution in [3.8, 4) is 0 Å². The molecule has 24 heavy (non-hydrogen) atoms. The molecule has 1 heterocycles. The molecule has 0 unspecified atom stereocenters. The highest BCUT2D eigenvalue weighted by Gasteiger charge is 2.63. The van der Waals surface area contributed by atoms with Crippen LogP contribution in [-0.4, -0.2) is 15.9 Å². The number of fused-ring (bicyclic) bond motifs is 6. The van der Waals surface area contributed by atoms with Crippen molar-refractivity contribution in [1.29, 1.82) is 0 Å². The molecule has 1 aromatic heterocycles. The largest absolute Gasteiger partial charge is 0.390 e. The first kappa shape index (κ1) is 15.4. The Morgan fingerprint density at radius 1 is 1.08 bits per heavy atom. The van der Waals surface area contributed by atoms with Gasteiger partial charge in [-0.25, -0.2) is 0 Å². The third-order valence-corrected chi connectivity index (χ3v) is 9.37. The molecule has 7 atom stereocenters. The first-order valence-corrected chi connectivity index (χ1v) is 10.00. The Morgan fingerprint density at radius 2 is 1.88 bits per heavy atom. The summed E-state index contributed by atoms with van der Waals surface area (Å²) >= 11 is 0. The van der Waals surface area contributed by atoms with Crippen LogP contribution in [0.25, 0.3) is 0 Å². The molecular weight excluding hydrogens is 298 g/mol. The van der Waals surface area contributed by atoms with Crippen LogP contribution < -0.4 is 0 Å². The molecule has 0 spiro atoms. The van der Waals surface area contributed by atoms with E-state index < -0.39 is 5.60 Å². The number of hydrogen-bond acceptors (Lipinski definition) is 3. The molecule has 3 nitrogen and oxygen atoms in total. The molecule has 3 fully saturated rings. The van der Waals surface area contributed by atoms with E-state index in [1.165, 1.54) is 43.4 Å². The van der Waals surface area contributed by atoms with Gasteiger partial charge in [-0.3, -0.25) is 0 Å². The maximum atomic E-state index is 11.0. The molecule has 1 aromatic rings. The van der Waals surface area contributed by atoms with Crippen molar-refractivity contribution in [3.05, 3.63) is 17.5 Å². The van der Waals surface area contributed by atoms with Crippen molar-refractivity contribution in [2.45, 2.75) is 77.7 Å². The second kappa shape index (κ2) is 4.66. The van der Waals surface area contributed by atoms with Gasteiger partial charge in [0.1, 0.15) is 6.26 Å². The summed E-state index contributed by atoms with van der Waals surface area (Å²) in [6.07, 6.45) is 11.6. The summed E-state index contributed by atoms with van der Waals surface area (Å²) < 4.78 is 5.28. The highest BCUT2D eigenvalue weighted by atomic mass is 16.5. The zero-order chi connectivity index (χ0) is 16.7. The van der Waals surface area contributed by atoms with Crippen LogP contribution in [0.5, 0.6) is 0 Å². The molecule has 1 N–H and O–H groups in total. The Hall–Kier alpha value is -0.830. The van der Waals surface area contributed by atoms with Crippen molar-refractivity contribution >= 4 is 0 Å². The second-order valence-electron chi connectivity index (χ2n) is 10.1. The highest BCUT2D eigenvalue weighted by molar-refractivity contribution is 5.25. The Bertz CT molecular complexity index is 665. The van der Waals surface area contributed by atoms with Crippen LogP contribution in [0.4, 0.5) is 0 Å². The average Bonchev–Trinajstić information content (AvgIpc) is 3.06. The van der Waals surface area contributed by atoms with Crippen LogP contribution in [0.3, 0.4) is 0 Å². The lowest BCUT2D eigenvalue weighted by molar-refractivity contribution is -0.139. The number of rotatable bonds is 0. The van der Waals surface area contributed by atoms with Gasteiger partial charge in [0, 0.05) is 5.56 Å². The molecule has 4 aliphatic rings. The van der Waals surface area contributed by atoms with Crippen molar-refractivity contribution < 1.29 is 9.63 Å². The Balaban J connectivity index is 1.50. The minimum absolute atomic E-state index is 0.133. The molecule has 0 bridgehead atoms. The predicted octanol–water partition coefficient (Wildman–Crippen LogP) is 4.38. The minimum Gasteiger partial charge on any atom is -0.390 e. The molecule has 3 heteroatoms. The van der Waals surface area contributed by atoms with Gasteiger partial charge in [0.15, 0.2) is 0 Å². The molecule has 132 valence electrons. The first-order chi connectivity index (χ1) is 11.4. The number of aliphatic hydroxyl groups is 1. The van der Waals surface area contributed by atoms with Crippen molar-refractivity contribution in [1.82, 2.24) is 5.16 Å². The summed E-state index contributed by atoms with van der Waals surface area (Å²) in [5.41, 5.74) is 2.65. The van der Waals surface area contributed by atoms with Gasteiger partial charge in [-0.05, 0) is 92.8 Å². The normalized spacial score (nSPS) is 53.0. The summed E-state index contributed by atoms with van der Waals surface area (Å²) in [6, 6.07) is 0. The lowest BCUT2D eigenvalue weighted by Gasteiger charge is -2.60. The van der Waals surface area contributed by atoms with Crippen LogP contribution in [0.2, 0.25) is 0 Å². The van der Waals surface area contributed by atoms with E-state index in [2.05, 4.69) is 25.9 Å². The molecule has 3 saturated carbocycles. The maximum Gasteiger partial charge on any atom is 0.127 e. The third kappa shape index (κ3) is 1.75. The van der Waals surface area contributed by atoms with E-state index in [4.69, 9.17) is 4.52 Å². The fraction of sp³-hybridized carbons (Fsp3) is 0.857. The summed E-state index contributed by atoms with van der Waals surface area (Å²) in [5, 5.41) is 15.3. The van der Waals surface area contributed by atoms with E-state index in [0.29, 0.717) is 11.3 Å². The molecule has 5 rings (SSSR count). The zero-order valence-corrected chi connectivity index (χ0v) is 15.3. The van der Waals surface area contributed by atoms with E-state index in [9.17, 15) is 5.11 Å². The molecule has 0 amide bonds. The van der Waals surface area contributed by atoms with E-state index in [1.807, 2.05) is 6.26 Å². The van der Waals surface area contributed by atoms with Gasteiger partial charge in [0.25, 0.3) is 0 Å². The van der Waals surface area contributed by atoms with E-state index in [0.717, 1.165) is 37.0 Å². The lowest BCUT2D eigenvalue weighted by Crippen LogP contribution is -2.56. The highest BCUT2D eigenvalue weighted by Crippen LogP contribution is 2.67. The predicted molar refractivity (Wildman–Crippen MR) is 92.4 cm³/mol. The summed E-state index contributed by atoms with van der Waals surface area (Å²) in [4.78, 5) is 0. The van der Waals surface area contributed by atoms with Crippen LogP contribution in [-0.2, 0) is 12.8 Å². The molecule has 0 aromatic carbocycles. The van der Waals surface area contributed by atoms with Gasteiger partial charge in [-0.15, -0.1) is 0 Å². The smallest absolute Gasteiger partial charge is 0.127 e. The van der Waals surface area contributed by atoms with Gasteiger partial charge < -0.3 is 9.63 Å². The van der Waals surface area contributed by atoms with Crippen molar-refractivity contribution in [3.63, 3.8) is 0 Å². The van der Waals surface area contributed by atoms with Gasteiger partial charge in [-0.1, -0.05) is 19.0 Å². The molecule has 0 saturated heterocycles. The van der Waals surface area contributed by atoms with Crippen LogP contribution in [0.15, 0.2) is 10.8 Å². The SMILES string of the molecule is C[C@]12Cc3conc3C[C@@H]1CC[C@@H]1[C@H]2CC[C@]2(C)[C@H]1CC[C@]2(C)O. The molecule has 4 aliphatic carbocycles. The average molecular weight is 329 g/mol. The second-order valence-corrected chi connectivity index (χ2v) is 10.1. The Morgan fingerprint density at radius 3 is 2.71 bits per heavy atom. The van der Waals surface area contributed by atoms with Gasteiger partial charge in [0.05, 0.1) is 11.3 Å². The fourth-order valence-corrected chi connectivity index (χ4v) is 7.63. The minimum atomic E-state index is -0.464. The van der Waals surface area contributed by atoms with E-state index in [-0.39, 0.29) is 5.41 Å². The van der Waals surface area contributed by atoms with Crippen LogP contribution in [0, 0.1) is 34.5 Å². The lowest BCUT2D eigenvalue weighted by atomic mass is 9.44. The maximum absolute atomic E-state index is 11.0. The van der Waals surface area contributed by atoms with Gasteiger partial charge in [-0.2, -0.15) is 0 Å². The fourth-order valence-electron chi connectivity index (χ4n) is 7.63. The van der Waals surface area contributed by atoms with E-state index >= 15 is 0 Å². The van der Waals surface area contributed by atoms with Gasteiger partial charge >= 0.3 is 0 Å². The van der Waals surface area contributed by atoms with Crippen LogP contribution >= 0.6 is 0 Å². The van der Waals surface area contributed by atoms with Gasteiger partial charge in [0.2, 0.25) is 0 Å². The quantitative estimate of drug-likeness (QED) is 0.768. The Labute approximate surface area is 145 Å². The van der Waals surface area contributed by atoms with Crippen LogP contribution in [0.1, 0.15) is 70.6 Å². The number of nitrogens with zero attached hydrogens (tertiary/aromatic N) is 1. The van der Waals surface area contributed by atoms with Crippen molar-refractivity contribution in [2.75, 3.05) is 0 Å².